The molecular formula is C15H20FN3O4S. The molecule has 2 atom stereocenters. The van der Waals surface area contributed by atoms with E-state index in [0.717, 1.165) is 6.07 Å². The third-order valence-electron chi connectivity index (χ3n) is 2.97. The lowest BCUT2D eigenvalue weighted by molar-refractivity contribution is -0.155. The van der Waals surface area contributed by atoms with Gasteiger partial charge in [-0.25, -0.2) is 14.0 Å². The lowest BCUT2D eigenvalue weighted by Crippen LogP contribution is -2.46. The van der Waals surface area contributed by atoms with Gasteiger partial charge in [-0.15, -0.1) is 0 Å². The fourth-order valence-electron chi connectivity index (χ4n) is 1.78. The van der Waals surface area contributed by atoms with Gasteiger partial charge in [-0.1, -0.05) is 6.07 Å². The number of nitrogens with one attached hydrogen (secondary N) is 2. The van der Waals surface area contributed by atoms with Crippen LogP contribution in [0.25, 0.3) is 0 Å². The molecule has 0 radical (unpaired) electrons. The molecule has 1 aromatic rings. The number of thioether (sulfide) groups is 1. The van der Waals surface area contributed by atoms with E-state index in [-0.39, 0.29) is 5.69 Å². The number of primary amides is 1. The van der Waals surface area contributed by atoms with Gasteiger partial charge in [0.2, 0.25) is 0 Å². The van der Waals surface area contributed by atoms with Crippen molar-refractivity contribution >= 4 is 35.4 Å². The Morgan fingerprint density at radius 1 is 1.38 bits per heavy atom. The number of anilines is 1. The number of rotatable bonds is 8. The third kappa shape index (κ3) is 6.86. The Kier molecular flexibility index (Phi) is 8.03. The summed E-state index contributed by atoms with van der Waals surface area (Å²) in [5.74, 6) is -1.27. The van der Waals surface area contributed by atoms with Crippen LogP contribution in [-0.2, 0) is 14.3 Å². The highest BCUT2D eigenvalue weighted by Crippen LogP contribution is 2.11. The van der Waals surface area contributed by atoms with Crippen molar-refractivity contribution in [3.63, 3.8) is 0 Å². The second-order valence-electron chi connectivity index (χ2n) is 4.92. The van der Waals surface area contributed by atoms with Crippen LogP contribution in [0.1, 0.15) is 13.3 Å². The van der Waals surface area contributed by atoms with E-state index in [0.29, 0.717) is 12.2 Å². The molecule has 0 saturated carbocycles. The number of ether oxygens (including phenoxy) is 1. The van der Waals surface area contributed by atoms with E-state index in [1.165, 1.54) is 36.9 Å². The van der Waals surface area contributed by atoms with Crippen LogP contribution in [-0.4, -0.2) is 42.1 Å². The van der Waals surface area contributed by atoms with E-state index in [9.17, 15) is 18.8 Å². The normalized spacial score (nSPS) is 12.8. The zero-order valence-electron chi connectivity index (χ0n) is 13.4. The minimum atomic E-state index is -1.12. The highest BCUT2D eigenvalue weighted by molar-refractivity contribution is 7.98. The minimum Gasteiger partial charge on any atom is -0.451 e. The van der Waals surface area contributed by atoms with Crippen molar-refractivity contribution in [2.45, 2.75) is 25.5 Å². The van der Waals surface area contributed by atoms with Gasteiger partial charge in [-0.05, 0) is 43.6 Å². The first kappa shape index (κ1) is 19.8. The molecule has 0 unspecified atom stereocenters. The third-order valence-corrected chi connectivity index (χ3v) is 3.61. The van der Waals surface area contributed by atoms with E-state index < -0.39 is 35.9 Å². The molecule has 24 heavy (non-hydrogen) atoms. The molecule has 132 valence electrons. The van der Waals surface area contributed by atoms with E-state index in [2.05, 4.69) is 10.6 Å². The predicted molar refractivity (Wildman–Crippen MR) is 90.1 cm³/mol. The van der Waals surface area contributed by atoms with Crippen LogP contribution in [0.4, 0.5) is 14.9 Å². The van der Waals surface area contributed by atoms with Crippen LogP contribution < -0.4 is 16.4 Å². The van der Waals surface area contributed by atoms with Crippen molar-refractivity contribution < 1.29 is 23.5 Å². The van der Waals surface area contributed by atoms with Crippen LogP contribution in [0.3, 0.4) is 0 Å². The van der Waals surface area contributed by atoms with Crippen LogP contribution >= 0.6 is 11.8 Å². The molecule has 0 fully saturated rings. The highest BCUT2D eigenvalue weighted by Gasteiger charge is 2.25. The zero-order valence-corrected chi connectivity index (χ0v) is 14.2. The summed E-state index contributed by atoms with van der Waals surface area (Å²) in [6, 6.07) is 3.55. The van der Waals surface area contributed by atoms with Crippen LogP contribution in [0.5, 0.6) is 0 Å². The van der Waals surface area contributed by atoms with E-state index >= 15 is 0 Å². The lowest BCUT2D eigenvalue weighted by atomic mass is 10.2. The van der Waals surface area contributed by atoms with Gasteiger partial charge in [0, 0.05) is 5.69 Å². The van der Waals surface area contributed by atoms with Gasteiger partial charge in [0.15, 0.2) is 6.10 Å². The number of benzene rings is 1. The Morgan fingerprint density at radius 2 is 2.08 bits per heavy atom. The summed E-state index contributed by atoms with van der Waals surface area (Å²) in [6.45, 7) is 1.38. The molecule has 0 heterocycles. The summed E-state index contributed by atoms with van der Waals surface area (Å²) in [5.41, 5.74) is 5.28. The molecule has 0 aliphatic carbocycles. The molecule has 1 rings (SSSR count). The topological polar surface area (TPSA) is 111 Å². The first-order valence-electron chi connectivity index (χ1n) is 7.15. The van der Waals surface area contributed by atoms with Gasteiger partial charge in [0.1, 0.15) is 11.9 Å². The molecule has 0 bridgehead atoms. The second-order valence-corrected chi connectivity index (χ2v) is 5.91. The first-order chi connectivity index (χ1) is 11.3. The molecule has 9 heteroatoms. The van der Waals surface area contributed by atoms with Crippen LogP contribution in [0.2, 0.25) is 0 Å². The first-order valence-corrected chi connectivity index (χ1v) is 8.54. The number of urea groups is 1. The molecule has 4 N–H and O–H groups in total. The summed E-state index contributed by atoms with van der Waals surface area (Å²) < 4.78 is 18.1. The molecule has 3 amide bonds. The Bertz CT molecular complexity index is 600. The number of hydrogen-bond donors (Lipinski definition) is 3. The summed E-state index contributed by atoms with van der Waals surface area (Å²) in [5, 5.41) is 4.72. The molecular weight excluding hydrogens is 337 g/mol. The van der Waals surface area contributed by atoms with Crippen molar-refractivity contribution in [1.29, 1.82) is 0 Å². The quantitative estimate of drug-likeness (QED) is 0.611. The SMILES string of the molecule is CSCC[C@@H](NC(N)=O)C(=O)O[C@H](C)C(=O)Nc1cccc(F)c1. The Morgan fingerprint density at radius 3 is 2.67 bits per heavy atom. The van der Waals surface area contributed by atoms with Crippen molar-refractivity contribution in [2.75, 3.05) is 17.3 Å². The Labute approximate surface area is 143 Å². The number of carbonyl (C=O) groups excluding carboxylic acids is 3. The number of nitrogens with two attached hydrogens (primary N) is 1. The number of hydrogen-bond acceptors (Lipinski definition) is 5. The number of halogens is 1. The van der Waals surface area contributed by atoms with E-state index in [4.69, 9.17) is 10.5 Å². The van der Waals surface area contributed by atoms with Gasteiger partial charge >= 0.3 is 12.0 Å². The van der Waals surface area contributed by atoms with Crippen molar-refractivity contribution in [3.8, 4) is 0 Å². The van der Waals surface area contributed by atoms with Crippen LogP contribution in [0, 0.1) is 5.82 Å². The maximum absolute atomic E-state index is 13.1. The molecule has 0 aromatic heterocycles. The summed E-state index contributed by atoms with van der Waals surface area (Å²) >= 11 is 1.49. The summed E-state index contributed by atoms with van der Waals surface area (Å²) in [6.07, 6.45) is 1.05. The van der Waals surface area contributed by atoms with Gasteiger partial charge in [0.05, 0.1) is 0 Å². The Hall–Kier alpha value is -2.29. The molecule has 1 aromatic carbocycles. The molecule has 0 spiro atoms. The van der Waals surface area contributed by atoms with Gasteiger partial charge in [0.25, 0.3) is 5.91 Å². The number of carbonyl (C=O) groups is 3. The largest absolute Gasteiger partial charge is 0.451 e. The molecule has 7 nitrogen and oxygen atoms in total. The van der Waals surface area contributed by atoms with Crippen LogP contribution in [0.15, 0.2) is 24.3 Å². The standard InChI is InChI=1S/C15H20FN3O4S/c1-9(13(20)18-11-5-3-4-10(16)8-11)23-14(21)12(6-7-24-2)19-15(17)22/h3-5,8-9,12H,6-7H2,1-2H3,(H,18,20)(H3,17,19,22)/t9-,12-/m1/s1. The number of esters is 1. The van der Waals surface area contributed by atoms with Crippen molar-refractivity contribution in [2.24, 2.45) is 5.73 Å². The second kappa shape index (κ2) is 9.76. The van der Waals surface area contributed by atoms with Gasteiger partial charge < -0.3 is 21.1 Å². The Balaban J connectivity index is 2.62. The van der Waals surface area contributed by atoms with Gasteiger partial charge in [-0.2, -0.15) is 11.8 Å². The summed E-state index contributed by atoms with van der Waals surface area (Å²) in [4.78, 5) is 35.0. The average Bonchev–Trinajstić information content (AvgIpc) is 2.50. The molecule has 0 saturated heterocycles. The molecule has 0 aliphatic rings. The average molecular weight is 357 g/mol. The minimum absolute atomic E-state index is 0.247. The van der Waals surface area contributed by atoms with Gasteiger partial charge in [-0.3, -0.25) is 4.79 Å². The lowest BCUT2D eigenvalue weighted by Gasteiger charge is -2.19. The monoisotopic (exact) mass is 357 g/mol. The summed E-state index contributed by atoms with van der Waals surface area (Å²) in [7, 11) is 0. The maximum atomic E-state index is 13.1. The maximum Gasteiger partial charge on any atom is 0.329 e. The predicted octanol–water partition coefficient (Wildman–Crippen LogP) is 1.49. The zero-order chi connectivity index (χ0) is 18.1. The van der Waals surface area contributed by atoms with Crippen molar-refractivity contribution in [1.82, 2.24) is 5.32 Å². The highest BCUT2D eigenvalue weighted by atomic mass is 32.2. The van der Waals surface area contributed by atoms with E-state index in [1.54, 1.807) is 0 Å². The smallest absolute Gasteiger partial charge is 0.329 e. The van der Waals surface area contributed by atoms with E-state index in [1.807, 2.05) is 6.26 Å². The fourth-order valence-corrected chi connectivity index (χ4v) is 2.25. The van der Waals surface area contributed by atoms with Crippen molar-refractivity contribution in [3.05, 3.63) is 30.1 Å². The molecule has 0 aliphatic heterocycles. The fraction of sp³-hybridized carbons (Fsp3) is 0.400. The number of amides is 3.